The van der Waals surface area contributed by atoms with E-state index in [2.05, 4.69) is 10.1 Å². The Balaban J connectivity index is 1.63. The van der Waals surface area contributed by atoms with Gasteiger partial charge in [-0.05, 0) is 48.5 Å². The lowest BCUT2D eigenvalue weighted by Gasteiger charge is -2.01. The van der Waals surface area contributed by atoms with E-state index in [1.165, 1.54) is 24.3 Å². The lowest BCUT2D eigenvalue weighted by molar-refractivity contribution is 0.0459. The molecule has 0 aliphatic rings. The number of hydrogen-bond donors (Lipinski definition) is 0. The van der Waals surface area contributed by atoms with Crippen LogP contribution in [0.25, 0.3) is 11.5 Å². The molecule has 0 aliphatic heterocycles. The highest BCUT2D eigenvalue weighted by Gasteiger charge is 2.12. The molecule has 24 heavy (non-hydrogen) atoms. The second-order valence-corrected chi connectivity index (χ2v) is 4.83. The Bertz CT molecular complexity index is 829. The third-order valence-electron chi connectivity index (χ3n) is 3.22. The highest BCUT2D eigenvalue weighted by Crippen LogP contribution is 2.20. The average molecular weight is 328 g/mol. The van der Waals surface area contributed by atoms with Gasteiger partial charge in [-0.25, -0.2) is 9.18 Å². The molecule has 0 amide bonds. The Labute approximate surface area is 136 Å². The van der Waals surface area contributed by atoms with Crippen molar-refractivity contribution < 1.29 is 23.2 Å². The van der Waals surface area contributed by atoms with Crippen molar-refractivity contribution in [3.8, 4) is 17.2 Å². The summed E-state index contributed by atoms with van der Waals surface area (Å²) in [6.07, 6.45) is 0. The predicted octanol–water partition coefficient (Wildman–Crippen LogP) is 3.24. The van der Waals surface area contributed by atoms with Crippen LogP contribution < -0.4 is 4.74 Å². The van der Waals surface area contributed by atoms with Crippen molar-refractivity contribution >= 4 is 5.97 Å². The van der Waals surface area contributed by atoms with E-state index in [-0.39, 0.29) is 18.0 Å². The van der Waals surface area contributed by atoms with Gasteiger partial charge in [-0.3, -0.25) is 0 Å². The summed E-state index contributed by atoms with van der Waals surface area (Å²) >= 11 is 0. The van der Waals surface area contributed by atoms with Gasteiger partial charge in [0.25, 0.3) is 5.89 Å². The summed E-state index contributed by atoms with van der Waals surface area (Å²) in [6, 6.07) is 12.2. The number of ether oxygens (including phenoxy) is 2. The van der Waals surface area contributed by atoms with Gasteiger partial charge < -0.3 is 14.0 Å². The number of rotatable bonds is 5. The monoisotopic (exact) mass is 328 g/mol. The molecule has 0 saturated carbocycles. The number of benzene rings is 2. The van der Waals surface area contributed by atoms with E-state index in [4.69, 9.17) is 14.0 Å². The Morgan fingerprint density at radius 1 is 1.12 bits per heavy atom. The van der Waals surface area contributed by atoms with E-state index in [9.17, 15) is 9.18 Å². The fourth-order valence-electron chi connectivity index (χ4n) is 1.96. The summed E-state index contributed by atoms with van der Waals surface area (Å²) in [4.78, 5) is 16.0. The molecule has 0 atom stereocenters. The minimum Gasteiger partial charge on any atom is -0.497 e. The second kappa shape index (κ2) is 6.91. The zero-order chi connectivity index (χ0) is 16.9. The van der Waals surface area contributed by atoms with Gasteiger partial charge in [0.2, 0.25) is 5.82 Å². The predicted molar refractivity (Wildman–Crippen MR) is 81.8 cm³/mol. The van der Waals surface area contributed by atoms with Crippen LogP contribution in [-0.2, 0) is 11.3 Å². The summed E-state index contributed by atoms with van der Waals surface area (Å²) < 4.78 is 28.1. The molecule has 0 unspecified atom stereocenters. The Morgan fingerprint density at radius 2 is 1.83 bits per heavy atom. The van der Waals surface area contributed by atoms with Crippen LogP contribution in [0, 0.1) is 5.82 Å². The molecule has 2 aromatic carbocycles. The lowest BCUT2D eigenvalue weighted by Crippen LogP contribution is -2.06. The highest BCUT2D eigenvalue weighted by atomic mass is 19.1. The van der Waals surface area contributed by atoms with Crippen molar-refractivity contribution in [1.82, 2.24) is 10.1 Å². The third-order valence-corrected chi connectivity index (χ3v) is 3.22. The number of halogens is 1. The van der Waals surface area contributed by atoms with Gasteiger partial charge in [0.15, 0.2) is 6.61 Å². The first-order valence-corrected chi connectivity index (χ1v) is 7.05. The number of carbonyl (C=O) groups is 1. The number of esters is 1. The maximum absolute atomic E-state index is 12.8. The van der Waals surface area contributed by atoms with Crippen LogP contribution >= 0.6 is 0 Å². The van der Waals surface area contributed by atoms with Crippen LogP contribution in [0.15, 0.2) is 53.1 Å². The number of hydrogen-bond acceptors (Lipinski definition) is 6. The molecular formula is C17H13FN2O4. The fourth-order valence-corrected chi connectivity index (χ4v) is 1.96. The van der Waals surface area contributed by atoms with E-state index >= 15 is 0 Å². The normalized spacial score (nSPS) is 10.4. The molecule has 6 nitrogen and oxygen atoms in total. The van der Waals surface area contributed by atoms with E-state index in [1.54, 1.807) is 31.4 Å². The molecule has 122 valence electrons. The van der Waals surface area contributed by atoms with Crippen molar-refractivity contribution in [2.75, 3.05) is 7.11 Å². The molecule has 0 saturated heterocycles. The quantitative estimate of drug-likeness (QED) is 0.669. The van der Waals surface area contributed by atoms with Crippen LogP contribution in [0.3, 0.4) is 0 Å². The molecule has 3 rings (SSSR count). The minimum atomic E-state index is -0.592. The minimum absolute atomic E-state index is 0.143. The fraction of sp³-hybridized carbons (Fsp3) is 0.118. The molecule has 0 N–H and O–H groups in total. The smallest absolute Gasteiger partial charge is 0.338 e. The molecule has 1 heterocycles. The van der Waals surface area contributed by atoms with Gasteiger partial charge in [0.1, 0.15) is 11.6 Å². The Kier molecular flexibility index (Phi) is 4.51. The van der Waals surface area contributed by atoms with Gasteiger partial charge in [-0.2, -0.15) is 4.98 Å². The lowest BCUT2D eigenvalue weighted by atomic mass is 10.2. The largest absolute Gasteiger partial charge is 0.497 e. The van der Waals surface area contributed by atoms with Crippen LogP contribution in [0.5, 0.6) is 5.75 Å². The summed E-state index contributed by atoms with van der Waals surface area (Å²) in [5.41, 5.74) is 0.967. The number of methoxy groups -OCH3 is 1. The number of aromatic nitrogens is 2. The molecule has 0 spiro atoms. The first-order chi connectivity index (χ1) is 11.7. The number of nitrogens with zero attached hydrogens (tertiary/aromatic N) is 2. The van der Waals surface area contributed by atoms with E-state index < -0.39 is 11.8 Å². The maximum atomic E-state index is 12.8. The maximum Gasteiger partial charge on any atom is 0.338 e. The molecule has 0 fully saturated rings. The van der Waals surface area contributed by atoms with Crippen LogP contribution in [0.1, 0.15) is 16.2 Å². The Morgan fingerprint density at radius 3 is 2.50 bits per heavy atom. The second-order valence-electron chi connectivity index (χ2n) is 4.83. The van der Waals surface area contributed by atoms with Gasteiger partial charge in [0.05, 0.1) is 12.7 Å². The first kappa shape index (κ1) is 15.7. The molecule has 0 radical (unpaired) electrons. The summed E-state index contributed by atoms with van der Waals surface area (Å²) in [5, 5.41) is 3.76. The third kappa shape index (κ3) is 3.57. The van der Waals surface area contributed by atoms with Crippen molar-refractivity contribution in [1.29, 1.82) is 0 Å². The van der Waals surface area contributed by atoms with E-state index in [0.717, 1.165) is 5.56 Å². The van der Waals surface area contributed by atoms with E-state index in [0.29, 0.717) is 11.6 Å². The average Bonchev–Trinajstić information content (AvgIpc) is 3.09. The summed E-state index contributed by atoms with van der Waals surface area (Å²) in [6.45, 7) is -0.143. The summed E-state index contributed by atoms with van der Waals surface area (Å²) in [5.74, 6) is 0.244. The van der Waals surface area contributed by atoms with Crippen molar-refractivity contribution in [3.63, 3.8) is 0 Å². The molecule has 3 aromatic rings. The van der Waals surface area contributed by atoms with Crippen LogP contribution in [0.2, 0.25) is 0 Å². The van der Waals surface area contributed by atoms with Gasteiger partial charge in [-0.1, -0.05) is 5.16 Å². The van der Waals surface area contributed by atoms with Crippen molar-refractivity contribution in [3.05, 3.63) is 65.7 Å². The van der Waals surface area contributed by atoms with Gasteiger partial charge in [0, 0.05) is 5.56 Å². The van der Waals surface area contributed by atoms with Crippen LogP contribution in [0.4, 0.5) is 4.39 Å². The molecular weight excluding hydrogens is 315 g/mol. The first-order valence-electron chi connectivity index (χ1n) is 7.05. The van der Waals surface area contributed by atoms with E-state index in [1.807, 2.05) is 0 Å². The molecule has 0 aliphatic carbocycles. The number of carbonyl (C=O) groups excluding carboxylic acids is 1. The van der Waals surface area contributed by atoms with Crippen LogP contribution in [-0.4, -0.2) is 23.2 Å². The molecule has 0 bridgehead atoms. The van der Waals surface area contributed by atoms with Gasteiger partial charge in [-0.15, -0.1) is 0 Å². The Hall–Kier alpha value is -3.22. The SMILES string of the molecule is COc1ccc(-c2nc(COC(=O)c3ccc(F)cc3)no2)cc1. The topological polar surface area (TPSA) is 74.5 Å². The van der Waals surface area contributed by atoms with Crippen molar-refractivity contribution in [2.45, 2.75) is 6.61 Å². The summed E-state index contributed by atoms with van der Waals surface area (Å²) in [7, 11) is 1.58. The van der Waals surface area contributed by atoms with Crippen molar-refractivity contribution in [2.24, 2.45) is 0 Å². The highest BCUT2D eigenvalue weighted by molar-refractivity contribution is 5.89. The zero-order valence-electron chi connectivity index (χ0n) is 12.7. The van der Waals surface area contributed by atoms with Gasteiger partial charge >= 0.3 is 5.97 Å². The zero-order valence-corrected chi connectivity index (χ0v) is 12.7. The molecule has 7 heteroatoms. The molecule has 1 aromatic heterocycles. The standard InChI is InChI=1S/C17H13FN2O4/c1-22-14-8-4-11(5-9-14)16-19-15(20-24-16)10-23-17(21)12-2-6-13(18)7-3-12/h2-9H,10H2,1H3.